The third-order valence-electron chi connectivity index (χ3n) is 4.07. The number of hydrogen-bond donors (Lipinski definition) is 2. The molecule has 2 amide bonds. The number of morpholine rings is 1. The van der Waals surface area contributed by atoms with Crippen molar-refractivity contribution in [3.05, 3.63) is 24.3 Å². The van der Waals surface area contributed by atoms with Gasteiger partial charge in [0.2, 0.25) is 0 Å². The average Bonchev–Trinajstić information content (AvgIpc) is 2.54. The third kappa shape index (κ3) is 6.02. The van der Waals surface area contributed by atoms with Crippen LogP contribution in [0.3, 0.4) is 0 Å². The Kier molecular flexibility index (Phi) is 7.28. The molecule has 1 aromatic carbocycles. The van der Waals surface area contributed by atoms with Crippen molar-refractivity contribution in [3.63, 3.8) is 0 Å². The van der Waals surface area contributed by atoms with Crippen LogP contribution in [0, 0.1) is 0 Å². The summed E-state index contributed by atoms with van der Waals surface area (Å²) in [4.78, 5) is 28.5. The van der Waals surface area contributed by atoms with Gasteiger partial charge in [0, 0.05) is 18.0 Å². The van der Waals surface area contributed by atoms with Gasteiger partial charge in [0.1, 0.15) is 0 Å². The minimum absolute atomic E-state index is 0.0550. The van der Waals surface area contributed by atoms with E-state index in [2.05, 4.69) is 5.32 Å². The molecule has 0 spiro atoms. The summed E-state index contributed by atoms with van der Waals surface area (Å²) in [6.07, 6.45) is 2.09. The monoisotopic (exact) mass is 366 g/mol. The number of ether oxygens (including phenoxy) is 1. The van der Waals surface area contributed by atoms with Crippen LogP contribution < -0.4 is 10.2 Å². The SMILES string of the molecule is CSc1ccccc1NC(=O)C[NH+](C)CC(=O)N1C[C@@H](C)O[C@@H](C)C1. The lowest BCUT2D eigenvalue weighted by atomic mass is 10.2. The summed E-state index contributed by atoms with van der Waals surface area (Å²) in [5, 5.41) is 2.93. The topological polar surface area (TPSA) is 63.1 Å². The number of amides is 2. The number of thioether (sulfide) groups is 1. The zero-order chi connectivity index (χ0) is 18.4. The van der Waals surface area contributed by atoms with Gasteiger partial charge < -0.3 is 19.9 Å². The average molecular weight is 367 g/mol. The molecule has 1 aliphatic heterocycles. The van der Waals surface area contributed by atoms with E-state index in [4.69, 9.17) is 4.74 Å². The van der Waals surface area contributed by atoms with Gasteiger partial charge in [-0.1, -0.05) is 12.1 Å². The summed E-state index contributed by atoms with van der Waals surface area (Å²) >= 11 is 1.59. The molecule has 1 aliphatic rings. The van der Waals surface area contributed by atoms with Crippen LogP contribution in [0.2, 0.25) is 0 Å². The standard InChI is InChI=1S/C18H27N3O3S/c1-13-9-21(10-14(2)24-13)18(23)12-20(3)11-17(22)19-15-7-5-6-8-16(15)25-4/h5-8,13-14H,9-12H2,1-4H3,(H,19,22)/p+1/t13-,14+. The van der Waals surface area contributed by atoms with E-state index < -0.39 is 0 Å². The van der Waals surface area contributed by atoms with Gasteiger partial charge in [0.05, 0.1) is 24.9 Å². The fourth-order valence-corrected chi connectivity index (χ4v) is 3.58. The molecule has 2 N–H and O–H groups in total. The van der Waals surface area contributed by atoms with Crippen LogP contribution >= 0.6 is 11.8 Å². The number of quaternary nitrogens is 1. The normalized spacial score (nSPS) is 21.7. The van der Waals surface area contributed by atoms with E-state index in [0.717, 1.165) is 15.5 Å². The van der Waals surface area contributed by atoms with Crippen LogP contribution in [0.5, 0.6) is 0 Å². The summed E-state index contributed by atoms with van der Waals surface area (Å²) in [6, 6.07) is 7.71. The van der Waals surface area contributed by atoms with Crippen LogP contribution in [-0.4, -0.2) is 68.4 Å². The first-order valence-corrected chi connectivity index (χ1v) is 9.79. The van der Waals surface area contributed by atoms with E-state index in [1.165, 1.54) is 0 Å². The highest BCUT2D eigenvalue weighted by molar-refractivity contribution is 7.98. The molecule has 0 aliphatic carbocycles. The van der Waals surface area contributed by atoms with Gasteiger partial charge in [-0.25, -0.2) is 0 Å². The predicted molar refractivity (Wildman–Crippen MR) is 100 cm³/mol. The molecule has 1 unspecified atom stereocenters. The van der Waals surface area contributed by atoms with Gasteiger partial charge in [-0.3, -0.25) is 9.59 Å². The highest BCUT2D eigenvalue weighted by Crippen LogP contribution is 2.24. The maximum absolute atomic E-state index is 12.5. The summed E-state index contributed by atoms with van der Waals surface area (Å²) in [5.74, 6) is -0.0210. The van der Waals surface area contributed by atoms with Crippen molar-refractivity contribution < 1.29 is 19.2 Å². The Balaban J connectivity index is 1.83. The number of nitrogens with zero attached hydrogens (tertiary/aromatic N) is 1. The van der Waals surface area contributed by atoms with Gasteiger partial charge >= 0.3 is 0 Å². The first-order valence-electron chi connectivity index (χ1n) is 8.56. The quantitative estimate of drug-likeness (QED) is 0.720. The van der Waals surface area contributed by atoms with E-state index in [1.54, 1.807) is 11.8 Å². The Hall–Kier alpha value is -1.57. The molecule has 2 rings (SSSR count). The van der Waals surface area contributed by atoms with E-state index in [1.807, 2.05) is 56.3 Å². The number of benzene rings is 1. The number of rotatable bonds is 6. The molecule has 7 heteroatoms. The molecular formula is C18H28N3O3S+. The summed E-state index contributed by atoms with van der Waals surface area (Å²) in [6.45, 7) is 5.74. The molecule has 3 atom stereocenters. The van der Waals surface area contributed by atoms with Crippen molar-refractivity contribution in [2.75, 3.05) is 44.8 Å². The first-order chi connectivity index (χ1) is 11.9. The van der Waals surface area contributed by atoms with Crippen molar-refractivity contribution in [3.8, 4) is 0 Å². The lowest BCUT2D eigenvalue weighted by molar-refractivity contribution is -0.862. The van der Waals surface area contributed by atoms with E-state index in [0.29, 0.717) is 19.6 Å². The molecule has 0 saturated carbocycles. The van der Waals surface area contributed by atoms with Crippen LogP contribution in [0.1, 0.15) is 13.8 Å². The van der Waals surface area contributed by atoms with Gasteiger partial charge in [0.15, 0.2) is 13.1 Å². The number of anilines is 1. The summed E-state index contributed by atoms with van der Waals surface area (Å²) in [7, 11) is 1.87. The number of nitrogens with one attached hydrogen (secondary N) is 2. The number of para-hydroxylation sites is 1. The molecule has 1 aromatic rings. The second kappa shape index (κ2) is 9.22. The lowest BCUT2D eigenvalue weighted by Gasteiger charge is -2.35. The summed E-state index contributed by atoms with van der Waals surface area (Å²) < 4.78 is 5.66. The second-order valence-electron chi connectivity index (χ2n) is 6.62. The molecule has 138 valence electrons. The van der Waals surface area contributed by atoms with Crippen LogP contribution in [0.4, 0.5) is 5.69 Å². The predicted octanol–water partition coefficient (Wildman–Crippen LogP) is 0.498. The fraction of sp³-hybridized carbons (Fsp3) is 0.556. The molecule has 25 heavy (non-hydrogen) atoms. The largest absolute Gasteiger partial charge is 0.372 e. The zero-order valence-corrected chi connectivity index (χ0v) is 16.2. The van der Waals surface area contributed by atoms with E-state index in [-0.39, 0.29) is 30.6 Å². The smallest absolute Gasteiger partial charge is 0.279 e. The minimum Gasteiger partial charge on any atom is -0.372 e. The van der Waals surface area contributed by atoms with Crippen LogP contribution in [-0.2, 0) is 14.3 Å². The number of carbonyl (C=O) groups is 2. The third-order valence-corrected chi connectivity index (χ3v) is 4.86. The Morgan fingerprint density at radius 2 is 1.88 bits per heavy atom. The maximum atomic E-state index is 12.5. The molecule has 1 heterocycles. The van der Waals surface area contributed by atoms with Crippen LogP contribution in [0.15, 0.2) is 29.2 Å². The van der Waals surface area contributed by atoms with E-state index >= 15 is 0 Å². The number of hydrogen-bond acceptors (Lipinski definition) is 4. The van der Waals surface area contributed by atoms with Crippen molar-refractivity contribution in [2.24, 2.45) is 0 Å². The van der Waals surface area contributed by atoms with Crippen LogP contribution in [0.25, 0.3) is 0 Å². The Bertz CT molecular complexity index is 601. The van der Waals surface area contributed by atoms with Gasteiger partial charge in [-0.2, -0.15) is 0 Å². The highest BCUT2D eigenvalue weighted by atomic mass is 32.2. The molecule has 1 saturated heterocycles. The molecule has 0 aromatic heterocycles. The second-order valence-corrected chi connectivity index (χ2v) is 7.46. The van der Waals surface area contributed by atoms with Crippen molar-refractivity contribution >= 4 is 29.3 Å². The van der Waals surface area contributed by atoms with Gasteiger partial charge in [-0.15, -0.1) is 11.8 Å². The van der Waals surface area contributed by atoms with Crippen molar-refractivity contribution in [2.45, 2.75) is 31.0 Å². The molecular weight excluding hydrogens is 338 g/mol. The number of likely N-dealkylation sites (N-methyl/N-ethyl adjacent to an activating group) is 1. The maximum Gasteiger partial charge on any atom is 0.279 e. The van der Waals surface area contributed by atoms with Crippen molar-refractivity contribution in [1.82, 2.24) is 4.90 Å². The molecule has 0 radical (unpaired) electrons. The number of carbonyl (C=O) groups excluding carboxylic acids is 2. The Labute approximate surface area is 153 Å². The van der Waals surface area contributed by atoms with Gasteiger partial charge in [0.25, 0.3) is 11.8 Å². The fourth-order valence-electron chi connectivity index (χ4n) is 3.03. The van der Waals surface area contributed by atoms with Gasteiger partial charge in [-0.05, 0) is 32.2 Å². The Morgan fingerprint density at radius 1 is 1.24 bits per heavy atom. The van der Waals surface area contributed by atoms with Crippen molar-refractivity contribution in [1.29, 1.82) is 0 Å². The lowest BCUT2D eigenvalue weighted by Crippen LogP contribution is -3.11. The zero-order valence-electron chi connectivity index (χ0n) is 15.4. The highest BCUT2D eigenvalue weighted by Gasteiger charge is 2.27. The first kappa shape index (κ1) is 19.8. The Morgan fingerprint density at radius 3 is 2.52 bits per heavy atom. The molecule has 0 bridgehead atoms. The molecule has 6 nitrogen and oxygen atoms in total. The van der Waals surface area contributed by atoms with E-state index in [9.17, 15) is 9.59 Å². The summed E-state index contributed by atoms with van der Waals surface area (Å²) in [5.41, 5.74) is 0.815. The molecule has 1 fully saturated rings. The minimum atomic E-state index is -0.0875.